The van der Waals surface area contributed by atoms with E-state index < -0.39 is 0 Å². The first-order valence-corrected chi connectivity index (χ1v) is 8.31. The molecule has 6 heteroatoms. The fraction of sp³-hybridized carbons (Fsp3) is 0.267. The van der Waals surface area contributed by atoms with Gasteiger partial charge < -0.3 is 9.80 Å². The Kier molecular flexibility index (Phi) is 4.38. The third-order valence-electron chi connectivity index (χ3n) is 3.55. The van der Waals surface area contributed by atoms with Crippen LogP contribution in [0, 0.1) is 0 Å². The summed E-state index contributed by atoms with van der Waals surface area (Å²) in [4.78, 5) is 17.2. The Bertz CT molecular complexity index is 637. The fourth-order valence-corrected chi connectivity index (χ4v) is 3.66. The summed E-state index contributed by atoms with van der Waals surface area (Å²) in [5, 5.41) is 3.22. The molecule has 21 heavy (non-hydrogen) atoms. The van der Waals surface area contributed by atoms with Gasteiger partial charge in [0, 0.05) is 31.2 Å². The van der Waals surface area contributed by atoms with Gasteiger partial charge in [-0.15, -0.1) is 11.3 Å². The van der Waals surface area contributed by atoms with Gasteiger partial charge in [0.1, 0.15) is 0 Å². The Morgan fingerprint density at radius 2 is 1.86 bits per heavy atom. The van der Waals surface area contributed by atoms with Crippen LogP contribution in [-0.2, 0) is 0 Å². The van der Waals surface area contributed by atoms with Crippen molar-refractivity contribution in [3.05, 3.63) is 50.6 Å². The highest BCUT2D eigenvalue weighted by Gasteiger charge is 2.23. The van der Waals surface area contributed by atoms with E-state index >= 15 is 0 Å². The van der Waals surface area contributed by atoms with Crippen LogP contribution >= 0.6 is 34.5 Å². The summed E-state index contributed by atoms with van der Waals surface area (Å²) in [6, 6.07) is 9.30. The molecule has 3 nitrogen and oxygen atoms in total. The smallest absolute Gasteiger partial charge is 0.264 e. The van der Waals surface area contributed by atoms with Crippen LogP contribution in [0.4, 0.5) is 5.69 Å². The average molecular weight is 341 g/mol. The molecule has 1 aromatic carbocycles. The first-order valence-electron chi connectivity index (χ1n) is 6.68. The van der Waals surface area contributed by atoms with Crippen molar-refractivity contribution in [2.24, 2.45) is 0 Å². The van der Waals surface area contributed by atoms with Crippen LogP contribution in [0.5, 0.6) is 0 Å². The summed E-state index contributed by atoms with van der Waals surface area (Å²) >= 11 is 13.6. The molecule has 0 radical (unpaired) electrons. The normalized spacial score (nSPS) is 15.3. The number of carbonyl (C=O) groups excluding carboxylic acids is 1. The molecule has 0 atom stereocenters. The zero-order chi connectivity index (χ0) is 14.8. The van der Waals surface area contributed by atoms with Gasteiger partial charge in [0.15, 0.2) is 0 Å². The molecule has 110 valence electrons. The Hall–Kier alpha value is -1.23. The van der Waals surface area contributed by atoms with E-state index in [1.54, 1.807) is 6.07 Å². The minimum Gasteiger partial charge on any atom is -0.367 e. The number of anilines is 1. The summed E-state index contributed by atoms with van der Waals surface area (Å²) in [6.07, 6.45) is 0. The zero-order valence-corrected chi connectivity index (χ0v) is 13.6. The molecule has 2 heterocycles. The molecular formula is C15H14Cl2N2OS. The van der Waals surface area contributed by atoms with Gasteiger partial charge in [-0.1, -0.05) is 29.3 Å². The van der Waals surface area contributed by atoms with Crippen LogP contribution in [0.2, 0.25) is 10.0 Å². The van der Waals surface area contributed by atoms with Gasteiger partial charge in [-0.2, -0.15) is 0 Å². The molecule has 0 bridgehead atoms. The molecule has 0 N–H and O–H groups in total. The lowest BCUT2D eigenvalue weighted by molar-refractivity contribution is 0.0751. The van der Waals surface area contributed by atoms with Crippen molar-refractivity contribution in [1.82, 2.24) is 4.90 Å². The molecule has 0 unspecified atom stereocenters. The molecule has 1 aliphatic heterocycles. The molecule has 1 aliphatic rings. The molecule has 1 saturated heterocycles. The van der Waals surface area contributed by atoms with E-state index in [1.807, 2.05) is 34.5 Å². The highest BCUT2D eigenvalue weighted by Crippen LogP contribution is 2.29. The Balaban J connectivity index is 1.66. The van der Waals surface area contributed by atoms with Crippen molar-refractivity contribution in [3.63, 3.8) is 0 Å². The van der Waals surface area contributed by atoms with Crippen LogP contribution in [0.15, 0.2) is 35.7 Å². The predicted octanol–water partition coefficient (Wildman–Crippen LogP) is 4.02. The van der Waals surface area contributed by atoms with E-state index in [0.29, 0.717) is 23.1 Å². The zero-order valence-electron chi connectivity index (χ0n) is 11.3. The lowest BCUT2D eigenvalue weighted by Crippen LogP contribution is -2.48. The number of hydrogen-bond donors (Lipinski definition) is 0. The number of hydrogen-bond acceptors (Lipinski definition) is 3. The van der Waals surface area contributed by atoms with Crippen molar-refractivity contribution in [3.8, 4) is 0 Å². The number of benzene rings is 1. The average Bonchev–Trinajstić information content (AvgIpc) is 3.01. The first kappa shape index (κ1) is 14.7. The summed E-state index contributed by atoms with van der Waals surface area (Å²) in [5.41, 5.74) is 0.976. The Morgan fingerprint density at radius 3 is 2.48 bits per heavy atom. The highest BCUT2D eigenvalue weighted by atomic mass is 35.5. The maximum absolute atomic E-state index is 12.3. The third-order valence-corrected chi connectivity index (χ3v) is 4.94. The summed E-state index contributed by atoms with van der Waals surface area (Å²) in [5.74, 6) is 0.117. The molecule has 0 spiro atoms. The highest BCUT2D eigenvalue weighted by molar-refractivity contribution is 7.12. The lowest BCUT2D eigenvalue weighted by Gasteiger charge is -2.36. The van der Waals surface area contributed by atoms with Crippen molar-refractivity contribution < 1.29 is 4.79 Å². The maximum Gasteiger partial charge on any atom is 0.264 e. The first-order chi connectivity index (χ1) is 10.1. The van der Waals surface area contributed by atoms with Crippen LogP contribution in [-0.4, -0.2) is 37.0 Å². The molecule has 1 aromatic heterocycles. The molecule has 1 amide bonds. The summed E-state index contributed by atoms with van der Waals surface area (Å²) in [7, 11) is 0. The molecule has 2 aromatic rings. The van der Waals surface area contributed by atoms with Crippen LogP contribution < -0.4 is 4.90 Å². The Morgan fingerprint density at radius 1 is 1.10 bits per heavy atom. The molecule has 0 aliphatic carbocycles. The standard InChI is InChI=1S/C15H14Cl2N2OS/c16-11-3-4-13(12(17)10-11)18-5-7-19(8-6-18)15(20)14-2-1-9-21-14/h1-4,9-10H,5-8H2. The number of amides is 1. The second-order valence-electron chi connectivity index (χ2n) is 4.85. The second kappa shape index (κ2) is 6.26. The van der Waals surface area contributed by atoms with Gasteiger partial charge in [-0.3, -0.25) is 4.79 Å². The van der Waals surface area contributed by atoms with E-state index in [4.69, 9.17) is 23.2 Å². The fourth-order valence-electron chi connectivity index (χ4n) is 2.44. The van der Waals surface area contributed by atoms with E-state index in [9.17, 15) is 4.79 Å². The second-order valence-corrected chi connectivity index (χ2v) is 6.64. The van der Waals surface area contributed by atoms with Gasteiger partial charge in [0.2, 0.25) is 0 Å². The molecular weight excluding hydrogens is 327 g/mol. The van der Waals surface area contributed by atoms with Gasteiger partial charge >= 0.3 is 0 Å². The summed E-state index contributed by atoms with van der Waals surface area (Å²) < 4.78 is 0. The maximum atomic E-state index is 12.3. The molecule has 1 fully saturated rings. The lowest BCUT2D eigenvalue weighted by atomic mass is 10.2. The van der Waals surface area contributed by atoms with Crippen LogP contribution in [0.25, 0.3) is 0 Å². The SMILES string of the molecule is O=C(c1cccs1)N1CCN(c2ccc(Cl)cc2Cl)CC1. The van der Waals surface area contributed by atoms with E-state index in [2.05, 4.69) is 4.90 Å². The number of piperazine rings is 1. The van der Waals surface area contributed by atoms with Crippen LogP contribution in [0.3, 0.4) is 0 Å². The minimum atomic E-state index is 0.117. The quantitative estimate of drug-likeness (QED) is 0.824. The number of thiophene rings is 1. The largest absolute Gasteiger partial charge is 0.367 e. The number of rotatable bonds is 2. The van der Waals surface area contributed by atoms with Crippen molar-refractivity contribution in [2.45, 2.75) is 0 Å². The number of carbonyl (C=O) groups is 1. The molecule has 3 rings (SSSR count). The van der Waals surface area contributed by atoms with Crippen molar-refractivity contribution in [1.29, 1.82) is 0 Å². The van der Waals surface area contributed by atoms with Crippen molar-refractivity contribution in [2.75, 3.05) is 31.1 Å². The van der Waals surface area contributed by atoms with Crippen molar-refractivity contribution >= 4 is 46.1 Å². The van der Waals surface area contributed by atoms with E-state index in [0.717, 1.165) is 23.7 Å². The predicted molar refractivity (Wildman–Crippen MR) is 88.9 cm³/mol. The third kappa shape index (κ3) is 3.18. The number of nitrogens with zero attached hydrogens (tertiary/aromatic N) is 2. The Labute approximate surface area is 137 Å². The summed E-state index contributed by atoms with van der Waals surface area (Å²) in [6.45, 7) is 2.96. The minimum absolute atomic E-state index is 0.117. The molecule has 0 saturated carbocycles. The van der Waals surface area contributed by atoms with E-state index in [1.165, 1.54) is 11.3 Å². The number of halogens is 2. The van der Waals surface area contributed by atoms with E-state index in [-0.39, 0.29) is 5.91 Å². The van der Waals surface area contributed by atoms with Gasteiger partial charge in [0.05, 0.1) is 15.6 Å². The van der Waals surface area contributed by atoms with Gasteiger partial charge in [-0.25, -0.2) is 0 Å². The van der Waals surface area contributed by atoms with Gasteiger partial charge in [-0.05, 0) is 29.6 Å². The topological polar surface area (TPSA) is 23.6 Å². The monoisotopic (exact) mass is 340 g/mol. The van der Waals surface area contributed by atoms with Crippen LogP contribution in [0.1, 0.15) is 9.67 Å². The van der Waals surface area contributed by atoms with Gasteiger partial charge in [0.25, 0.3) is 5.91 Å².